The number of methoxy groups -OCH3 is 1. The van der Waals surface area contributed by atoms with Crippen LogP contribution in [0.2, 0.25) is 0 Å². The minimum absolute atomic E-state index is 0.177. The summed E-state index contributed by atoms with van der Waals surface area (Å²) in [7, 11) is 1.43. The van der Waals surface area contributed by atoms with Crippen LogP contribution in [0.25, 0.3) is 0 Å². The molecule has 0 saturated carbocycles. The van der Waals surface area contributed by atoms with Gasteiger partial charge < -0.3 is 10.1 Å². The summed E-state index contributed by atoms with van der Waals surface area (Å²) < 4.78 is 4.74. The first-order chi connectivity index (χ1) is 6.28. The summed E-state index contributed by atoms with van der Waals surface area (Å²) in [5.74, 6) is 0.0778. The Bertz CT molecular complexity index is 182. The Balaban J connectivity index is 4.18. The lowest BCUT2D eigenvalue weighted by Gasteiger charge is -2.25. The van der Waals surface area contributed by atoms with Crippen LogP contribution in [0.1, 0.15) is 34.6 Å². The smallest absolute Gasteiger partial charge is 0.323 e. The van der Waals surface area contributed by atoms with Crippen molar-refractivity contribution in [2.75, 3.05) is 13.7 Å². The Labute approximate surface area is 87.2 Å². The van der Waals surface area contributed by atoms with Gasteiger partial charge in [-0.3, -0.25) is 4.79 Å². The average Bonchev–Trinajstić information content (AvgIpc) is 2.01. The maximum absolute atomic E-state index is 11.4. The van der Waals surface area contributed by atoms with Gasteiger partial charge in [0, 0.05) is 6.54 Å². The van der Waals surface area contributed by atoms with Crippen LogP contribution in [-0.2, 0) is 9.53 Å². The number of ether oxygens (including phenoxy) is 1. The van der Waals surface area contributed by atoms with E-state index in [1.165, 1.54) is 7.11 Å². The van der Waals surface area contributed by atoms with E-state index in [4.69, 9.17) is 4.74 Å². The Kier molecular flexibility index (Phi) is 5.13. The van der Waals surface area contributed by atoms with Crippen molar-refractivity contribution in [2.45, 2.75) is 40.7 Å². The average molecular weight is 201 g/mol. The number of carbonyl (C=O) groups excluding carboxylic acids is 1. The lowest BCUT2D eigenvalue weighted by Crippen LogP contribution is -2.45. The van der Waals surface area contributed by atoms with Gasteiger partial charge in [-0.2, -0.15) is 0 Å². The third kappa shape index (κ3) is 5.22. The number of hydrogen-bond acceptors (Lipinski definition) is 3. The summed E-state index contributed by atoms with van der Waals surface area (Å²) in [6, 6.07) is -0.195. The number of carbonyl (C=O) groups is 1. The molecular weight excluding hydrogens is 178 g/mol. The predicted molar refractivity (Wildman–Crippen MR) is 58.1 cm³/mol. The molecule has 0 aliphatic carbocycles. The highest BCUT2D eigenvalue weighted by Crippen LogP contribution is 2.12. The molecule has 1 atom stereocenters. The van der Waals surface area contributed by atoms with E-state index in [0.29, 0.717) is 0 Å². The quantitative estimate of drug-likeness (QED) is 0.705. The molecule has 84 valence electrons. The van der Waals surface area contributed by atoms with E-state index in [1.54, 1.807) is 0 Å². The topological polar surface area (TPSA) is 38.3 Å². The number of hydrogen-bond donors (Lipinski definition) is 1. The van der Waals surface area contributed by atoms with Crippen LogP contribution in [0.15, 0.2) is 0 Å². The fourth-order valence-corrected chi connectivity index (χ4v) is 1.13. The molecule has 0 heterocycles. The molecule has 0 amide bonds. The maximum atomic E-state index is 11.4. The van der Waals surface area contributed by atoms with E-state index in [-0.39, 0.29) is 23.3 Å². The summed E-state index contributed by atoms with van der Waals surface area (Å²) in [6.45, 7) is 11.2. The molecule has 3 heteroatoms. The summed E-state index contributed by atoms with van der Waals surface area (Å²) in [5, 5.41) is 3.24. The van der Waals surface area contributed by atoms with Gasteiger partial charge in [0.25, 0.3) is 0 Å². The molecule has 14 heavy (non-hydrogen) atoms. The van der Waals surface area contributed by atoms with Crippen LogP contribution in [0.4, 0.5) is 0 Å². The van der Waals surface area contributed by atoms with Crippen molar-refractivity contribution >= 4 is 5.97 Å². The largest absolute Gasteiger partial charge is 0.468 e. The third-order valence-electron chi connectivity index (χ3n) is 1.97. The molecule has 0 radical (unpaired) electrons. The van der Waals surface area contributed by atoms with Crippen LogP contribution in [0, 0.1) is 11.3 Å². The van der Waals surface area contributed by atoms with E-state index in [9.17, 15) is 4.79 Å². The van der Waals surface area contributed by atoms with Crippen molar-refractivity contribution in [1.29, 1.82) is 0 Å². The molecule has 0 aromatic carbocycles. The molecule has 0 aliphatic rings. The van der Waals surface area contributed by atoms with Gasteiger partial charge >= 0.3 is 5.97 Å². The van der Waals surface area contributed by atoms with Gasteiger partial charge in [0.15, 0.2) is 0 Å². The minimum Gasteiger partial charge on any atom is -0.468 e. The minimum atomic E-state index is -0.195. The normalized spacial score (nSPS) is 14.2. The highest BCUT2D eigenvalue weighted by Gasteiger charge is 2.24. The first-order valence-corrected chi connectivity index (χ1v) is 5.09. The number of esters is 1. The van der Waals surface area contributed by atoms with Crippen LogP contribution in [-0.4, -0.2) is 25.7 Å². The highest BCUT2D eigenvalue weighted by molar-refractivity contribution is 5.75. The van der Waals surface area contributed by atoms with Crippen molar-refractivity contribution in [1.82, 2.24) is 5.32 Å². The van der Waals surface area contributed by atoms with E-state index in [1.807, 2.05) is 13.8 Å². The van der Waals surface area contributed by atoms with Crippen molar-refractivity contribution in [3.05, 3.63) is 0 Å². The summed E-state index contributed by atoms with van der Waals surface area (Å²) >= 11 is 0. The zero-order valence-corrected chi connectivity index (χ0v) is 10.2. The maximum Gasteiger partial charge on any atom is 0.323 e. The molecule has 0 rings (SSSR count). The third-order valence-corrected chi connectivity index (χ3v) is 1.97. The summed E-state index contributed by atoms with van der Waals surface area (Å²) in [5.41, 5.74) is 0.182. The van der Waals surface area contributed by atoms with Gasteiger partial charge in [0.2, 0.25) is 0 Å². The second-order valence-electron chi connectivity index (χ2n) is 5.19. The number of nitrogens with one attached hydrogen (secondary N) is 1. The summed E-state index contributed by atoms with van der Waals surface area (Å²) in [4.78, 5) is 11.4. The molecule has 1 unspecified atom stereocenters. The summed E-state index contributed by atoms with van der Waals surface area (Å²) in [6.07, 6.45) is 0. The first kappa shape index (κ1) is 13.4. The molecular formula is C11H23NO2. The molecule has 0 saturated heterocycles. The van der Waals surface area contributed by atoms with Gasteiger partial charge in [0.05, 0.1) is 7.11 Å². The van der Waals surface area contributed by atoms with Crippen LogP contribution >= 0.6 is 0 Å². The van der Waals surface area contributed by atoms with Crippen LogP contribution < -0.4 is 5.32 Å². The molecule has 0 bridgehead atoms. The van der Waals surface area contributed by atoms with Crippen molar-refractivity contribution in [3.8, 4) is 0 Å². The number of rotatable bonds is 4. The molecule has 0 aliphatic heterocycles. The molecule has 3 nitrogen and oxygen atoms in total. The van der Waals surface area contributed by atoms with Gasteiger partial charge in [-0.25, -0.2) is 0 Å². The van der Waals surface area contributed by atoms with E-state index >= 15 is 0 Å². The van der Waals surface area contributed by atoms with E-state index < -0.39 is 0 Å². The lowest BCUT2D eigenvalue weighted by atomic mass is 9.95. The fraction of sp³-hybridized carbons (Fsp3) is 0.909. The van der Waals surface area contributed by atoms with Crippen LogP contribution in [0.5, 0.6) is 0 Å². The Hall–Kier alpha value is -0.570. The Morgan fingerprint density at radius 2 is 1.86 bits per heavy atom. The standard InChI is InChI=1S/C11H23NO2/c1-8(2)9(10(13)14-6)12-7-11(3,4)5/h8-9,12H,7H2,1-6H3. The van der Waals surface area contributed by atoms with Gasteiger partial charge in [0.1, 0.15) is 6.04 Å². The SMILES string of the molecule is COC(=O)C(NCC(C)(C)C)C(C)C. The van der Waals surface area contributed by atoms with Crippen molar-refractivity contribution in [3.63, 3.8) is 0 Å². The van der Waals surface area contributed by atoms with Crippen molar-refractivity contribution < 1.29 is 9.53 Å². The molecule has 1 N–H and O–H groups in total. The van der Waals surface area contributed by atoms with Gasteiger partial charge in [-0.15, -0.1) is 0 Å². The molecule has 0 aromatic rings. The highest BCUT2D eigenvalue weighted by atomic mass is 16.5. The zero-order valence-electron chi connectivity index (χ0n) is 10.2. The first-order valence-electron chi connectivity index (χ1n) is 5.09. The monoisotopic (exact) mass is 201 g/mol. The molecule has 0 fully saturated rings. The van der Waals surface area contributed by atoms with Gasteiger partial charge in [-0.1, -0.05) is 34.6 Å². The fourth-order valence-electron chi connectivity index (χ4n) is 1.13. The van der Waals surface area contributed by atoms with Crippen LogP contribution in [0.3, 0.4) is 0 Å². The molecule has 0 spiro atoms. The molecule has 0 aromatic heterocycles. The zero-order chi connectivity index (χ0) is 11.4. The second-order valence-corrected chi connectivity index (χ2v) is 5.19. The Morgan fingerprint density at radius 1 is 1.36 bits per heavy atom. The van der Waals surface area contributed by atoms with E-state index in [0.717, 1.165) is 6.54 Å². The van der Waals surface area contributed by atoms with Gasteiger partial charge in [-0.05, 0) is 11.3 Å². The lowest BCUT2D eigenvalue weighted by molar-refractivity contribution is -0.144. The van der Waals surface area contributed by atoms with Crippen molar-refractivity contribution in [2.24, 2.45) is 11.3 Å². The predicted octanol–water partition coefficient (Wildman–Crippen LogP) is 1.82. The van der Waals surface area contributed by atoms with E-state index in [2.05, 4.69) is 26.1 Å². The second kappa shape index (κ2) is 5.35. The Morgan fingerprint density at radius 3 is 2.14 bits per heavy atom.